The van der Waals surface area contributed by atoms with Gasteiger partial charge in [0.1, 0.15) is 6.04 Å². The van der Waals surface area contributed by atoms with Crippen LogP contribution in [0, 0.1) is 6.92 Å². The highest BCUT2D eigenvalue weighted by Gasteiger charge is 2.39. The van der Waals surface area contributed by atoms with Crippen LogP contribution in [-0.2, 0) is 27.8 Å². The summed E-state index contributed by atoms with van der Waals surface area (Å²) in [6, 6.07) is 19.3. The zero-order valence-electron chi connectivity index (χ0n) is 17.5. The van der Waals surface area contributed by atoms with Gasteiger partial charge in [-0.3, -0.25) is 9.59 Å². The van der Waals surface area contributed by atoms with Gasteiger partial charge in [-0.25, -0.2) is 8.42 Å². The largest absolute Gasteiger partial charge is 0.366 e. The Bertz CT molecular complexity index is 1270. The first kappa shape index (κ1) is 21.7. The first-order valence-corrected chi connectivity index (χ1v) is 11.6. The van der Waals surface area contributed by atoms with E-state index in [-0.39, 0.29) is 17.9 Å². The van der Waals surface area contributed by atoms with E-state index in [0.717, 1.165) is 16.7 Å². The minimum absolute atomic E-state index is 0.102. The van der Waals surface area contributed by atoms with Crippen molar-refractivity contribution in [2.24, 2.45) is 5.73 Å². The first-order valence-electron chi connectivity index (χ1n) is 10.1. The number of carbonyl (C=O) groups excluding carboxylic acids is 2. The van der Waals surface area contributed by atoms with Crippen molar-refractivity contribution in [1.82, 2.24) is 4.31 Å². The monoisotopic (exact) mass is 449 g/mol. The number of fused-ring (bicyclic) bond motifs is 1. The van der Waals surface area contributed by atoms with Crippen LogP contribution in [0.2, 0.25) is 0 Å². The van der Waals surface area contributed by atoms with Gasteiger partial charge in [0.05, 0.1) is 4.90 Å². The SMILES string of the molecule is Cc1ccc(S(=O)(=O)N2Cc3ccccc3CC2C(=O)Nc2ccc(C(N)=O)cc2)cc1. The number of nitrogens with zero attached hydrogens (tertiary/aromatic N) is 1. The number of nitrogens with two attached hydrogens (primary N) is 1. The number of anilines is 1. The van der Waals surface area contributed by atoms with E-state index in [4.69, 9.17) is 5.73 Å². The van der Waals surface area contributed by atoms with Gasteiger partial charge in [-0.2, -0.15) is 4.31 Å². The Labute approximate surface area is 186 Å². The lowest BCUT2D eigenvalue weighted by Gasteiger charge is -2.35. The molecule has 0 saturated heterocycles. The van der Waals surface area contributed by atoms with Crippen LogP contribution in [0.25, 0.3) is 0 Å². The number of sulfonamides is 1. The number of hydrogen-bond donors (Lipinski definition) is 2. The summed E-state index contributed by atoms with van der Waals surface area (Å²) in [6.07, 6.45) is 0.256. The fraction of sp³-hybridized carbons (Fsp3) is 0.167. The van der Waals surface area contributed by atoms with E-state index in [1.165, 1.54) is 16.4 Å². The average molecular weight is 450 g/mol. The van der Waals surface area contributed by atoms with E-state index in [2.05, 4.69) is 5.32 Å². The molecular formula is C24H23N3O4S. The summed E-state index contributed by atoms with van der Waals surface area (Å²) in [5.74, 6) is -1.01. The van der Waals surface area contributed by atoms with Gasteiger partial charge in [0.25, 0.3) is 0 Å². The summed E-state index contributed by atoms with van der Waals surface area (Å²) >= 11 is 0. The minimum Gasteiger partial charge on any atom is -0.366 e. The lowest BCUT2D eigenvalue weighted by Crippen LogP contribution is -2.50. The van der Waals surface area contributed by atoms with Gasteiger partial charge >= 0.3 is 0 Å². The molecule has 3 aromatic carbocycles. The number of nitrogens with one attached hydrogen (secondary N) is 1. The normalized spacial score (nSPS) is 16.2. The molecular weight excluding hydrogens is 426 g/mol. The number of hydrogen-bond acceptors (Lipinski definition) is 4. The topological polar surface area (TPSA) is 110 Å². The number of amides is 2. The molecule has 0 saturated carbocycles. The summed E-state index contributed by atoms with van der Waals surface area (Å²) < 4.78 is 28.2. The van der Waals surface area contributed by atoms with Gasteiger partial charge < -0.3 is 11.1 Å². The predicted molar refractivity (Wildman–Crippen MR) is 121 cm³/mol. The van der Waals surface area contributed by atoms with Crippen molar-refractivity contribution in [2.45, 2.75) is 30.8 Å². The molecule has 0 fully saturated rings. The number of benzene rings is 3. The van der Waals surface area contributed by atoms with Gasteiger partial charge in [0, 0.05) is 17.8 Å². The van der Waals surface area contributed by atoms with E-state index in [1.807, 2.05) is 31.2 Å². The van der Waals surface area contributed by atoms with Crippen molar-refractivity contribution in [3.8, 4) is 0 Å². The van der Waals surface area contributed by atoms with Gasteiger partial charge in [0.2, 0.25) is 21.8 Å². The fourth-order valence-electron chi connectivity index (χ4n) is 3.76. The van der Waals surface area contributed by atoms with Crippen LogP contribution >= 0.6 is 0 Å². The van der Waals surface area contributed by atoms with Crippen LogP contribution in [0.5, 0.6) is 0 Å². The zero-order valence-corrected chi connectivity index (χ0v) is 18.3. The third kappa shape index (κ3) is 4.28. The molecule has 7 nitrogen and oxygen atoms in total. The number of primary amides is 1. The Morgan fingerprint density at radius 2 is 1.56 bits per heavy atom. The Kier molecular flexibility index (Phi) is 5.82. The van der Waals surface area contributed by atoms with E-state index >= 15 is 0 Å². The van der Waals surface area contributed by atoms with Crippen molar-refractivity contribution in [1.29, 1.82) is 0 Å². The van der Waals surface area contributed by atoms with Gasteiger partial charge in [-0.05, 0) is 60.9 Å². The second kappa shape index (κ2) is 8.57. The van der Waals surface area contributed by atoms with E-state index in [9.17, 15) is 18.0 Å². The molecule has 0 aromatic heterocycles. The van der Waals surface area contributed by atoms with Gasteiger partial charge in [0.15, 0.2) is 0 Å². The average Bonchev–Trinajstić information content (AvgIpc) is 2.78. The molecule has 1 unspecified atom stereocenters. The molecule has 3 aromatic rings. The fourth-order valence-corrected chi connectivity index (χ4v) is 5.33. The highest BCUT2D eigenvalue weighted by atomic mass is 32.2. The summed E-state index contributed by atoms with van der Waals surface area (Å²) in [6.45, 7) is 1.98. The van der Waals surface area contributed by atoms with Crippen LogP contribution in [0.4, 0.5) is 5.69 Å². The Hall–Kier alpha value is -3.49. The van der Waals surface area contributed by atoms with Crippen molar-refractivity contribution in [2.75, 3.05) is 5.32 Å². The smallest absolute Gasteiger partial charge is 0.248 e. The van der Waals surface area contributed by atoms with Crippen molar-refractivity contribution < 1.29 is 18.0 Å². The van der Waals surface area contributed by atoms with Crippen LogP contribution in [0.3, 0.4) is 0 Å². The van der Waals surface area contributed by atoms with Crippen molar-refractivity contribution in [3.05, 3.63) is 95.1 Å². The number of aryl methyl sites for hydroxylation is 1. The second-order valence-electron chi connectivity index (χ2n) is 7.78. The maximum atomic E-state index is 13.5. The third-order valence-corrected chi connectivity index (χ3v) is 7.44. The molecule has 3 N–H and O–H groups in total. The van der Waals surface area contributed by atoms with Gasteiger partial charge in [-0.15, -0.1) is 0 Å². The Balaban J connectivity index is 1.67. The molecule has 0 aliphatic carbocycles. The second-order valence-corrected chi connectivity index (χ2v) is 9.67. The number of rotatable bonds is 5. The molecule has 0 radical (unpaired) electrons. The molecule has 1 aliphatic heterocycles. The van der Waals surface area contributed by atoms with Crippen molar-refractivity contribution >= 4 is 27.5 Å². The van der Waals surface area contributed by atoms with Crippen LogP contribution < -0.4 is 11.1 Å². The highest BCUT2D eigenvalue weighted by molar-refractivity contribution is 7.89. The summed E-state index contributed by atoms with van der Waals surface area (Å²) in [4.78, 5) is 24.6. The van der Waals surface area contributed by atoms with Crippen molar-refractivity contribution in [3.63, 3.8) is 0 Å². The summed E-state index contributed by atoms with van der Waals surface area (Å²) in [5, 5.41) is 2.77. The zero-order chi connectivity index (χ0) is 22.9. The molecule has 0 spiro atoms. The molecule has 1 atom stereocenters. The molecule has 4 rings (SSSR count). The quantitative estimate of drug-likeness (QED) is 0.624. The summed E-state index contributed by atoms with van der Waals surface area (Å²) in [7, 11) is -3.91. The molecule has 164 valence electrons. The lowest BCUT2D eigenvalue weighted by atomic mass is 9.95. The lowest BCUT2D eigenvalue weighted by molar-refractivity contribution is -0.120. The Morgan fingerprint density at radius 1 is 0.938 bits per heavy atom. The standard InChI is InChI=1S/C24H23N3O4S/c1-16-6-12-21(13-7-16)32(30,31)27-15-19-5-3-2-4-18(19)14-22(27)24(29)26-20-10-8-17(9-11-20)23(25)28/h2-13,22H,14-15H2,1H3,(H2,25,28)(H,26,29). The molecule has 32 heavy (non-hydrogen) atoms. The third-order valence-electron chi connectivity index (χ3n) is 5.57. The molecule has 1 aliphatic rings. The van der Waals surface area contributed by atoms with E-state index in [0.29, 0.717) is 11.3 Å². The maximum Gasteiger partial charge on any atom is 0.248 e. The van der Waals surface area contributed by atoms with Crippen LogP contribution in [0.1, 0.15) is 27.0 Å². The minimum atomic E-state index is -3.91. The molecule has 1 heterocycles. The first-order chi connectivity index (χ1) is 15.3. The van der Waals surface area contributed by atoms with E-state index < -0.39 is 27.9 Å². The van der Waals surface area contributed by atoms with Gasteiger partial charge in [-0.1, -0.05) is 42.0 Å². The van der Waals surface area contributed by atoms with E-state index in [1.54, 1.807) is 36.4 Å². The molecule has 8 heteroatoms. The molecule has 0 bridgehead atoms. The predicted octanol–water partition coefficient (Wildman–Crippen LogP) is 2.85. The number of carbonyl (C=O) groups is 2. The summed E-state index contributed by atoms with van der Waals surface area (Å²) in [5.41, 5.74) is 8.78. The Morgan fingerprint density at radius 3 is 2.19 bits per heavy atom. The van der Waals surface area contributed by atoms with Crippen LogP contribution in [0.15, 0.2) is 77.7 Å². The molecule has 2 amide bonds. The maximum absolute atomic E-state index is 13.5. The highest BCUT2D eigenvalue weighted by Crippen LogP contribution is 2.30. The van der Waals surface area contributed by atoms with Crippen LogP contribution in [-0.4, -0.2) is 30.6 Å².